The van der Waals surface area contributed by atoms with E-state index in [1.54, 1.807) is 0 Å². The van der Waals surface area contributed by atoms with Crippen molar-refractivity contribution in [2.24, 2.45) is 0 Å². The minimum absolute atomic E-state index is 0. The normalized spacial score (nSPS) is 16.2. The Morgan fingerprint density at radius 1 is 1.31 bits per heavy atom. The molecule has 0 aliphatic carbocycles. The number of hydrogen-bond donors (Lipinski definition) is 1. The van der Waals surface area contributed by atoms with Gasteiger partial charge in [-0.15, -0.1) is 12.4 Å². The molecular formula is C8H9ClF3N3O. The van der Waals surface area contributed by atoms with Gasteiger partial charge in [-0.3, -0.25) is 4.98 Å². The van der Waals surface area contributed by atoms with Gasteiger partial charge in [0.05, 0.1) is 12.4 Å². The first kappa shape index (κ1) is 13.0. The zero-order valence-corrected chi connectivity index (χ0v) is 8.81. The summed E-state index contributed by atoms with van der Waals surface area (Å²) < 4.78 is 41.8. The Morgan fingerprint density at radius 3 is 2.50 bits per heavy atom. The highest BCUT2D eigenvalue weighted by Crippen LogP contribution is 2.28. The molecule has 1 aliphatic rings. The van der Waals surface area contributed by atoms with E-state index >= 15 is 0 Å². The standard InChI is InChI=1S/C8H8F3N3O.ClH/c9-8(10,11)6-3-13-4-7(14-6)15-5-1-12-2-5;/h3-5,12H,1-2H2;1H. The molecule has 8 heteroatoms. The lowest BCUT2D eigenvalue weighted by atomic mass is 10.2. The van der Waals surface area contributed by atoms with Crippen LogP contribution in [0.4, 0.5) is 13.2 Å². The molecule has 0 saturated carbocycles. The Hall–Kier alpha value is -1.08. The van der Waals surface area contributed by atoms with Crippen molar-refractivity contribution in [2.45, 2.75) is 12.3 Å². The van der Waals surface area contributed by atoms with Gasteiger partial charge < -0.3 is 10.1 Å². The fourth-order valence-electron chi connectivity index (χ4n) is 1.06. The van der Waals surface area contributed by atoms with Crippen molar-refractivity contribution >= 4 is 12.4 Å². The van der Waals surface area contributed by atoms with Crippen LogP contribution in [0.2, 0.25) is 0 Å². The molecule has 0 spiro atoms. The van der Waals surface area contributed by atoms with Crippen molar-refractivity contribution in [3.63, 3.8) is 0 Å². The monoisotopic (exact) mass is 255 g/mol. The van der Waals surface area contributed by atoms with Crippen molar-refractivity contribution in [2.75, 3.05) is 13.1 Å². The lowest BCUT2D eigenvalue weighted by molar-refractivity contribution is -0.141. The Morgan fingerprint density at radius 2 is 2.00 bits per heavy atom. The lowest BCUT2D eigenvalue weighted by Gasteiger charge is -2.27. The van der Waals surface area contributed by atoms with Crippen LogP contribution in [0.3, 0.4) is 0 Å². The highest BCUT2D eigenvalue weighted by Gasteiger charge is 2.33. The van der Waals surface area contributed by atoms with Gasteiger partial charge in [0.1, 0.15) is 6.10 Å². The zero-order valence-electron chi connectivity index (χ0n) is 7.99. The molecule has 1 N–H and O–H groups in total. The Balaban J connectivity index is 0.00000128. The predicted octanol–water partition coefficient (Wildman–Crippen LogP) is 1.27. The van der Waals surface area contributed by atoms with Crippen molar-refractivity contribution in [1.82, 2.24) is 15.3 Å². The van der Waals surface area contributed by atoms with Crippen LogP contribution in [0.15, 0.2) is 12.4 Å². The second-order valence-corrected chi connectivity index (χ2v) is 3.14. The van der Waals surface area contributed by atoms with E-state index in [1.807, 2.05) is 0 Å². The van der Waals surface area contributed by atoms with Crippen LogP contribution >= 0.6 is 12.4 Å². The largest absolute Gasteiger partial charge is 0.471 e. The van der Waals surface area contributed by atoms with E-state index in [2.05, 4.69) is 15.3 Å². The average Bonchev–Trinajstić information content (AvgIpc) is 2.11. The molecule has 90 valence electrons. The maximum Gasteiger partial charge on any atom is 0.435 e. The first-order valence-electron chi connectivity index (χ1n) is 4.32. The van der Waals surface area contributed by atoms with Gasteiger partial charge in [0.2, 0.25) is 5.88 Å². The number of ether oxygens (including phenoxy) is 1. The maximum absolute atomic E-state index is 12.2. The van der Waals surface area contributed by atoms with Crippen LogP contribution in [-0.4, -0.2) is 29.2 Å². The van der Waals surface area contributed by atoms with E-state index in [0.29, 0.717) is 19.3 Å². The minimum Gasteiger partial charge on any atom is -0.471 e. The van der Waals surface area contributed by atoms with Crippen LogP contribution in [0.1, 0.15) is 5.69 Å². The summed E-state index contributed by atoms with van der Waals surface area (Å²) in [6.45, 7) is 1.25. The molecule has 1 saturated heterocycles. The van der Waals surface area contributed by atoms with Gasteiger partial charge in [0, 0.05) is 13.1 Å². The van der Waals surface area contributed by atoms with Crippen LogP contribution in [0.5, 0.6) is 5.88 Å². The van der Waals surface area contributed by atoms with E-state index in [0.717, 1.165) is 0 Å². The van der Waals surface area contributed by atoms with E-state index in [1.165, 1.54) is 6.20 Å². The molecule has 0 aromatic carbocycles. The SMILES string of the molecule is Cl.FC(F)(F)c1cncc(OC2CNC2)n1. The number of nitrogens with zero attached hydrogens (tertiary/aromatic N) is 2. The van der Waals surface area contributed by atoms with Gasteiger partial charge in [-0.1, -0.05) is 0 Å². The first-order chi connectivity index (χ1) is 7.05. The number of halogens is 4. The number of alkyl halides is 3. The van der Waals surface area contributed by atoms with Crippen LogP contribution in [0, 0.1) is 0 Å². The molecule has 1 aromatic heterocycles. The molecule has 16 heavy (non-hydrogen) atoms. The number of nitrogens with one attached hydrogen (secondary N) is 1. The van der Waals surface area contributed by atoms with Gasteiger partial charge >= 0.3 is 6.18 Å². The topological polar surface area (TPSA) is 47.0 Å². The molecule has 1 fully saturated rings. The van der Waals surface area contributed by atoms with Crippen LogP contribution < -0.4 is 10.1 Å². The molecule has 0 atom stereocenters. The quantitative estimate of drug-likeness (QED) is 0.865. The molecule has 0 radical (unpaired) electrons. The van der Waals surface area contributed by atoms with E-state index < -0.39 is 11.9 Å². The third-order valence-electron chi connectivity index (χ3n) is 1.93. The highest BCUT2D eigenvalue weighted by atomic mass is 35.5. The highest BCUT2D eigenvalue weighted by molar-refractivity contribution is 5.85. The number of aromatic nitrogens is 2. The fraction of sp³-hybridized carbons (Fsp3) is 0.500. The summed E-state index contributed by atoms with van der Waals surface area (Å²) in [5.41, 5.74) is -1.03. The molecule has 1 aromatic rings. The first-order valence-corrected chi connectivity index (χ1v) is 4.32. The summed E-state index contributed by atoms with van der Waals surface area (Å²) in [5.74, 6) is -0.0867. The van der Waals surface area contributed by atoms with Crippen molar-refractivity contribution in [3.05, 3.63) is 18.1 Å². The third kappa shape index (κ3) is 2.96. The van der Waals surface area contributed by atoms with Crippen molar-refractivity contribution in [1.29, 1.82) is 0 Å². The Bertz CT molecular complexity index is 357. The maximum atomic E-state index is 12.2. The van der Waals surface area contributed by atoms with Crippen LogP contribution in [0.25, 0.3) is 0 Å². The number of hydrogen-bond acceptors (Lipinski definition) is 4. The summed E-state index contributed by atoms with van der Waals surface area (Å²) in [4.78, 5) is 6.76. The fourth-order valence-corrected chi connectivity index (χ4v) is 1.06. The molecular weight excluding hydrogens is 247 g/mol. The summed E-state index contributed by atoms with van der Waals surface area (Å²) in [6, 6.07) is 0. The molecule has 4 nitrogen and oxygen atoms in total. The van der Waals surface area contributed by atoms with Gasteiger partial charge in [0.15, 0.2) is 5.69 Å². The van der Waals surface area contributed by atoms with Gasteiger partial charge in [-0.05, 0) is 0 Å². The molecule has 1 aliphatic heterocycles. The summed E-state index contributed by atoms with van der Waals surface area (Å²) >= 11 is 0. The third-order valence-corrected chi connectivity index (χ3v) is 1.93. The predicted molar refractivity (Wildman–Crippen MR) is 51.6 cm³/mol. The summed E-state index contributed by atoms with van der Waals surface area (Å²) in [6.07, 6.45) is -2.74. The van der Waals surface area contributed by atoms with Gasteiger partial charge in [-0.25, -0.2) is 4.98 Å². The number of rotatable bonds is 2. The summed E-state index contributed by atoms with van der Waals surface area (Å²) in [7, 11) is 0. The van der Waals surface area contributed by atoms with E-state index in [4.69, 9.17) is 4.74 Å². The van der Waals surface area contributed by atoms with Gasteiger partial charge in [0.25, 0.3) is 0 Å². The summed E-state index contributed by atoms with van der Waals surface area (Å²) in [5, 5.41) is 2.93. The van der Waals surface area contributed by atoms with Crippen molar-refractivity contribution in [3.8, 4) is 5.88 Å². The second kappa shape index (κ2) is 4.84. The smallest absolute Gasteiger partial charge is 0.435 e. The van der Waals surface area contributed by atoms with Gasteiger partial charge in [-0.2, -0.15) is 13.2 Å². The second-order valence-electron chi connectivity index (χ2n) is 3.14. The Kier molecular flexibility index (Phi) is 3.93. The molecule has 0 unspecified atom stereocenters. The van der Waals surface area contributed by atoms with E-state index in [9.17, 15) is 13.2 Å². The lowest BCUT2D eigenvalue weighted by Crippen LogP contribution is -2.50. The average molecular weight is 256 g/mol. The zero-order chi connectivity index (χ0) is 10.9. The molecule has 0 amide bonds. The van der Waals surface area contributed by atoms with E-state index in [-0.39, 0.29) is 24.4 Å². The Labute approximate surface area is 95.6 Å². The molecule has 0 bridgehead atoms. The van der Waals surface area contributed by atoms with Crippen LogP contribution in [-0.2, 0) is 6.18 Å². The molecule has 2 heterocycles. The molecule has 2 rings (SSSR count). The minimum atomic E-state index is -4.48. The van der Waals surface area contributed by atoms with Crippen molar-refractivity contribution < 1.29 is 17.9 Å².